The second kappa shape index (κ2) is 8.54. The van der Waals surface area contributed by atoms with Gasteiger partial charge in [-0.15, -0.1) is 23.1 Å². The van der Waals surface area contributed by atoms with Gasteiger partial charge in [0.25, 0.3) is 0 Å². The third-order valence-electron chi connectivity index (χ3n) is 3.72. The van der Waals surface area contributed by atoms with E-state index in [9.17, 15) is 4.79 Å². The topological polar surface area (TPSA) is 78.7 Å². The molecular weight excluding hydrogens is 384 g/mol. The molecule has 0 spiro atoms. The Morgan fingerprint density at radius 3 is 2.88 bits per heavy atom. The number of carbonyl (C=O) groups excluding carboxylic acids is 1. The molecule has 0 aliphatic heterocycles. The number of hydrogen-bond donors (Lipinski definition) is 1. The average molecular weight is 401 g/mol. The quantitative estimate of drug-likeness (QED) is 0.479. The Bertz CT molecular complexity index is 994. The number of nitrogens with zero attached hydrogens (tertiary/aromatic N) is 3. The summed E-state index contributed by atoms with van der Waals surface area (Å²) in [7, 11) is 0. The standard InChI is InChI=1S/C18H16N4OS3/c1-11-12(2)26-18-16(11)17(20-10-21-18)25-9-15(23)22-13-5-3-4-6-14(13)24-8-7-19/h3-6,10H,8-9H2,1-2H3,(H,22,23). The van der Waals surface area contributed by atoms with Crippen molar-refractivity contribution in [3.05, 3.63) is 41.0 Å². The fourth-order valence-corrected chi connectivity index (χ4v) is 4.97. The molecule has 1 aromatic carbocycles. The lowest BCUT2D eigenvalue weighted by Crippen LogP contribution is -2.14. The fourth-order valence-electron chi connectivity index (χ4n) is 2.39. The van der Waals surface area contributed by atoms with Gasteiger partial charge in [0.05, 0.1) is 23.3 Å². The van der Waals surface area contributed by atoms with E-state index in [1.165, 1.54) is 34.0 Å². The van der Waals surface area contributed by atoms with Crippen LogP contribution in [0.3, 0.4) is 0 Å². The minimum Gasteiger partial charge on any atom is -0.324 e. The van der Waals surface area contributed by atoms with Crippen molar-refractivity contribution in [2.24, 2.45) is 0 Å². The minimum atomic E-state index is -0.101. The number of anilines is 1. The molecule has 0 aliphatic rings. The number of nitrogens with one attached hydrogen (secondary N) is 1. The van der Waals surface area contributed by atoms with Crippen molar-refractivity contribution in [1.82, 2.24) is 9.97 Å². The third kappa shape index (κ3) is 4.18. The van der Waals surface area contributed by atoms with Crippen molar-refractivity contribution in [1.29, 1.82) is 5.26 Å². The molecule has 0 saturated carbocycles. The van der Waals surface area contributed by atoms with E-state index in [0.717, 1.165) is 25.8 Å². The number of thioether (sulfide) groups is 2. The number of rotatable bonds is 6. The van der Waals surface area contributed by atoms with Crippen LogP contribution in [0.2, 0.25) is 0 Å². The van der Waals surface area contributed by atoms with Crippen LogP contribution in [0.25, 0.3) is 10.2 Å². The van der Waals surface area contributed by atoms with Crippen LogP contribution in [0.15, 0.2) is 40.5 Å². The number of aromatic nitrogens is 2. The number of nitriles is 1. The summed E-state index contributed by atoms with van der Waals surface area (Å²) >= 11 is 4.47. The van der Waals surface area contributed by atoms with Crippen LogP contribution in [0.1, 0.15) is 10.4 Å². The van der Waals surface area contributed by atoms with Gasteiger partial charge in [-0.2, -0.15) is 5.26 Å². The zero-order valence-electron chi connectivity index (χ0n) is 14.3. The van der Waals surface area contributed by atoms with E-state index >= 15 is 0 Å². The van der Waals surface area contributed by atoms with Crippen LogP contribution in [0, 0.1) is 25.2 Å². The first kappa shape index (κ1) is 18.7. The number of amides is 1. The number of benzene rings is 1. The second-order valence-corrected chi connectivity index (χ2v) is 8.61. The van der Waals surface area contributed by atoms with Crippen LogP contribution in [-0.2, 0) is 4.79 Å². The summed E-state index contributed by atoms with van der Waals surface area (Å²) in [6.45, 7) is 4.13. The summed E-state index contributed by atoms with van der Waals surface area (Å²) in [6.07, 6.45) is 1.55. The first-order valence-corrected chi connectivity index (χ1v) is 10.6. The van der Waals surface area contributed by atoms with Crippen LogP contribution >= 0.6 is 34.9 Å². The Labute approximate surface area is 164 Å². The molecule has 2 heterocycles. The lowest BCUT2D eigenvalue weighted by molar-refractivity contribution is -0.113. The Morgan fingerprint density at radius 1 is 1.27 bits per heavy atom. The molecule has 1 N–H and O–H groups in total. The van der Waals surface area contributed by atoms with Gasteiger partial charge in [-0.25, -0.2) is 9.97 Å². The first-order chi connectivity index (χ1) is 12.6. The molecule has 0 unspecified atom stereocenters. The molecule has 0 aliphatic carbocycles. The van der Waals surface area contributed by atoms with Crippen LogP contribution in [0.5, 0.6) is 0 Å². The van der Waals surface area contributed by atoms with Gasteiger partial charge < -0.3 is 5.32 Å². The van der Waals surface area contributed by atoms with Crippen molar-refractivity contribution in [3.63, 3.8) is 0 Å². The van der Waals surface area contributed by atoms with E-state index in [2.05, 4.69) is 35.2 Å². The lowest BCUT2D eigenvalue weighted by Gasteiger charge is -2.09. The molecule has 0 radical (unpaired) electrons. The zero-order valence-corrected chi connectivity index (χ0v) is 16.7. The monoisotopic (exact) mass is 400 g/mol. The van der Waals surface area contributed by atoms with Crippen molar-refractivity contribution < 1.29 is 4.79 Å². The Hall–Kier alpha value is -2.08. The predicted octanol–water partition coefficient (Wildman–Crippen LogP) is 4.65. The molecule has 2 aromatic heterocycles. The second-order valence-electron chi connectivity index (χ2n) is 5.42. The van der Waals surface area contributed by atoms with E-state index in [1.54, 1.807) is 17.7 Å². The molecule has 0 atom stereocenters. The maximum Gasteiger partial charge on any atom is 0.234 e. The lowest BCUT2D eigenvalue weighted by atomic mass is 10.2. The molecular formula is C18H16N4OS3. The SMILES string of the molecule is Cc1sc2ncnc(SCC(=O)Nc3ccccc3SCC#N)c2c1C. The number of para-hydroxylation sites is 1. The molecule has 0 saturated heterocycles. The molecule has 3 aromatic rings. The third-order valence-corrected chi connectivity index (χ3v) is 6.77. The van der Waals surface area contributed by atoms with Crippen LogP contribution in [-0.4, -0.2) is 27.4 Å². The van der Waals surface area contributed by atoms with Crippen molar-refractivity contribution in [2.75, 3.05) is 16.8 Å². The smallest absolute Gasteiger partial charge is 0.234 e. The molecule has 8 heteroatoms. The van der Waals surface area contributed by atoms with E-state index < -0.39 is 0 Å². The predicted molar refractivity (Wildman–Crippen MR) is 109 cm³/mol. The highest BCUT2D eigenvalue weighted by molar-refractivity contribution is 8.00. The maximum atomic E-state index is 12.4. The number of hydrogen-bond acceptors (Lipinski definition) is 7. The van der Waals surface area contributed by atoms with E-state index in [1.807, 2.05) is 24.3 Å². The summed E-state index contributed by atoms with van der Waals surface area (Å²) in [5, 5.41) is 13.5. The summed E-state index contributed by atoms with van der Waals surface area (Å²) in [6, 6.07) is 9.60. The molecule has 1 amide bonds. The van der Waals surface area contributed by atoms with Gasteiger partial charge in [-0.3, -0.25) is 4.79 Å². The van der Waals surface area contributed by atoms with Gasteiger partial charge >= 0.3 is 0 Å². The number of carbonyl (C=O) groups is 1. The highest BCUT2D eigenvalue weighted by atomic mass is 32.2. The summed E-state index contributed by atoms with van der Waals surface area (Å²) in [5.41, 5.74) is 1.90. The Kier molecular flexibility index (Phi) is 6.14. The van der Waals surface area contributed by atoms with Crippen LogP contribution in [0.4, 0.5) is 5.69 Å². The van der Waals surface area contributed by atoms with Crippen molar-refractivity contribution in [2.45, 2.75) is 23.8 Å². The summed E-state index contributed by atoms with van der Waals surface area (Å²) in [4.78, 5) is 24.1. The number of fused-ring (bicyclic) bond motifs is 1. The fraction of sp³-hybridized carbons (Fsp3) is 0.222. The molecule has 3 rings (SSSR count). The summed E-state index contributed by atoms with van der Waals surface area (Å²) < 4.78 is 0. The first-order valence-electron chi connectivity index (χ1n) is 7.82. The number of aryl methyl sites for hydroxylation is 2. The minimum absolute atomic E-state index is 0.101. The Morgan fingerprint density at radius 2 is 2.08 bits per heavy atom. The van der Waals surface area contributed by atoms with Gasteiger partial charge in [0.2, 0.25) is 5.91 Å². The van der Waals surface area contributed by atoms with Gasteiger partial charge in [-0.05, 0) is 31.5 Å². The van der Waals surface area contributed by atoms with E-state index in [-0.39, 0.29) is 11.7 Å². The molecule has 26 heavy (non-hydrogen) atoms. The summed E-state index contributed by atoms with van der Waals surface area (Å²) in [5.74, 6) is 0.506. The highest BCUT2D eigenvalue weighted by Crippen LogP contribution is 2.34. The largest absolute Gasteiger partial charge is 0.324 e. The average Bonchev–Trinajstić information content (AvgIpc) is 2.94. The molecule has 0 fully saturated rings. The van der Waals surface area contributed by atoms with Gasteiger partial charge in [0.1, 0.15) is 16.2 Å². The van der Waals surface area contributed by atoms with Crippen molar-refractivity contribution in [3.8, 4) is 6.07 Å². The van der Waals surface area contributed by atoms with Crippen LogP contribution < -0.4 is 5.32 Å². The van der Waals surface area contributed by atoms with Gasteiger partial charge in [0.15, 0.2) is 0 Å². The molecule has 0 bridgehead atoms. The molecule has 5 nitrogen and oxygen atoms in total. The van der Waals surface area contributed by atoms with E-state index in [0.29, 0.717) is 5.75 Å². The van der Waals surface area contributed by atoms with E-state index in [4.69, 9.17) is 5.26 Å². The van der Waals surface area contributed by atoms with Crippen molar-refractivity contribution >= 4 is 56.7 Å². The zero-order chi connectivity index (χ0) is 18.5. The van der Waals surface area contributed by atoms with Gasteiger partial charge in [0, 0.05) is 15.2 Å². The number of thiophene rings is 1. The Balaban J connectivity index is 1.70. The van der Waals surface area contributed by atoms with Gasteiger partial charge in [-0.1, -0.05) is 23.9 Å². The highest BCUT2D eigenvalue weighted by Gasteiger charge is 2.14. The normalized spacial score (nSPS) is 10.7. The maximum absolute atomic E-state index is 12.4. The molecule has 132 valence electrons.